The molecule has 0 unspecified atom stereocenters. The van der Waals surface area contributed by atoms with Crippen LogP contribution in [0, 0.1) is 22.3 Å². The zero-order valence-electron chi connectivity index (χ0n) is 16.2. The fraction of sp³-hybridized carbons (Fsp3) is 0.750. The van der Waals surface area contributed by atoms with Crippen molar-refractivity contribution < 1.29 is 17.2 Å². The van der Waals surface area contributed by atoms with E-state index in [2.05, 4.69) is 0 Å². The van der Waals surface area contributed by atoms with Crippen LogP contribution in [0.4, 0.5) is 0 Å². The number of hydrogen-bond acceptors (Lipinski definition) is 4. The molecule has 21 heavy (non-hydrogen) atoms. The molecule has 0 atom stereocenters. The zero-order chi connectivity index (χ0) is 14.1. The van der Waals surface area contributed by atoms with Crippen LogP contribution in [0.25, 0.3) is 0 Å². The van der Waals surface area contributed by atoms with Gasteiger partial charge < -0.3 is 34.9 Å². The molecule has 0 aliphatic carbocycles. The average molecular weight is 387 g/mol. The molecule has 0 aromatic rings. The standard InChI is InChI=1S/C9H27O4PSi3.3CH3.Al/c1-15(2,3)11-14(10,12-16(4,5)6)13-17(7,8)9;;;;/h1-9H3;3*1H3;/q;3*-1;+3. The Hall–Kier alpha value is 1.29. The van der Waals surface area contributed by atoms with Crippen molar-refractivity contribution in [2.24, 2.45) is 0 Å². The van der Waals surface area contributed by atoms with Crippen molar-refractivity contribution in [1.29, 1.82) is 0 Å². The Kier molecular flexibility index (Phi) is 17.6. The largest absolute Gasteiger partial charge is 3.00 e. The SMILES string of the molecule is C[Si](C)(C)OP(=O)(O[Si](C)(C)C)O[Si](C)(C)C.[Al+3].[CH3-].[CH3-].[CH3-]. The molecule has 9 heteroatoms. The molecule has 0 bridgehead atoms. The van der Waals surface area contributed by atoms with Gasteiger partial charge in [0, 0.05) is 0 Å². The summed E-state index contributed by atoms with van der Waals surface area (Å²) in [6, 6.07) is 0. The van der Waals surface area contributed by atoms with Crippen molar-refractivity contribution in [1.82, 2.24) is 0 Å². The van der Waals surface area contributed by atoms with Crippen LogP contribution >= 0.6 is 7.82 Å². The van der Waals surface area contributed by atoms with Gasteiger partial charge in [-0.2, -0.15) is 0 Å². The number of phosphoric acid groups is 1. The first kappa shape index (κ1) is 33.8. The fourth-order valence-corrected chi connectivity index (χ4v) is 10.6. The van der Waals surface area contributed by atoms with Crippen molar-refractivity contribution >= 4 is 50.1 Å². The smallest absolute Gasteiger partial charge is 0.358 e. The van der Waals surface area contributed by atoms with E-state index in [1.165, 1.54) is 0 Å². The summed E-state index contributed by atoms with van der Waals surface area (Å²) < 4.78 is 29.8. The molecule has 0 aromatic heterocycles. The Morgan fingerprint density at radius 2 is 0.714 bits per heavy atom. The summed E-state index contributed by atoms with van der Waals surface area (Å²) in [7, 11) is -9.28. The topological polar surface area (TPSA) is 44.8 Å². The van der Waals surface area contributed by atoms with E-state index in [1.54, 1.807) is 0 Å². The van der Waals surface area contributed by atoms with E-state index >= 15 is 0 Å². The second-order valence-corrected chi connectivity index (χ2v) is 22.8. The van der Waals surface area contributed by atoms with Crippen LogP contribution in [0.3, 0.4) is 0 Å². The molecule has 0 amide bonds. The van der Waals surface area contributed by atoms with Crippen LogP contribution in [0.1, 0.15) is 0 Å². The molecule has 0 radical (unpaired) electrons. The first-order valence-electron chi connectivity index (χ1n) is 5.84. The summed E-state index contributed by atoms with van der Waals surface area (Å²) >= 11 is 0. The van der Waals surface area contributed by atoms with E-state index in [1.807, 2.05) is 58.9 Å². The van der Waals surface area contributed by atoms with Gasteiger partial charge in [0.05, 0.1) is 0 Å². The molecule has 0 spiro atoms. The molecule has 0 fully saturated rings. The van der Waals surface area contributed by atoms with Gasteiger partial charge in [-0.1, -0.05) is 0 Å². The number of rotatable bonds is 6. The predicted molar refractivity (Wildman–Crippen MR) is 106 cm³/mol. The molecule has 0 saturated heterocycles. The van der Waals surface area contributed by atoms with Gasteiger partial charge in [-0.15, -0.1) is 0 Å². The molecule has 4 nitrogen and oxygen atoms in total. The zero-order valence-corrected chi connectivity index (χ0v) is 21.2. The third-order valence-electron chi connectivity index (χ3n) is 1.16. The van der Waals surface area contributed by atoms with E-state index in [0.29, 0.717) is 0 Å². The van der Waals surface area contributed by atoms with Crippen molar-refractivity contribution in [2.75, 3.05) is 0 Å². The maximum atomic E-state index is 12.7. The third kappa shape index (κ3) is 21.3. The van der Waals surface area contributed by atoms with Crippen molar-refractivity contribution in [2.45, 2.75) is 58.9 Å². The second-order valence-electron chi connectivity index (χ2n) is 7.06. The van der Waals surface area contributed by atoms with Gasteiger partial charge >= 0.3 is 25.2 Å². The maximum absolute atomic E-state index is 12.7. The summed E-state index contributed by atoms with van der Waals surface area (Å²) in [5.41, 5.74) is 0. The summed E-state index contributed by atoms with van der Waals surface area (Å²) in [6.45, 7) is 17.9. The van der Waals surface area contributed by atoms with Gasteiger partial charge in [-0.05, 0) is 58.9 Å². The fourth-order valence-electron chi connectivity index (χ4n) is 1.06. The maximum Gasteiger partial charge on any atom is 3.00 e. The van der Waals surface area contributed by atoms with Crippen molar-refractivity contribution in [3.05, 3.63) is 22.3 Å². The normalized spacial score (nSPS) is 12.2. The monoisotopic (exact) mass is 386 g/mol. The Bertz CT molecular complexity index is 262. The van der Waals surface area contributed by atoms with E-state index in [9.17, 15) is 4.57 Å². The number of hydrogen-bond donors (Lipinski definition) is 0. The molecule has 0 saturated carbocycles. The summed E-state index contributed by atoms with van der Waals surface area (Å²) in [6.07, 6.45) is 0. The Morgan fingerprint density at radius 3 is 0.810 bits per heavy atom. The van der Waals surface area contributed by atoms with Gasteiger partial charge in [-0.25, -0.2) is 4.57 Å². The summed E-state index contributed by atoms with van der Waals surface area (Å²) in [4.78, 5) is 0. The molecule has 0 aliphatic heterocycles. The minimum Gasteiger partial charge on any atom is -0.358 e. The van der Waals surface area contributed by atoms with Crippen molar-refractivity contribution in [3.63, 3.8) is 0 Å². The Balaban J connectivity index is -0.000000213. The second kappa shape index (κ2) is 11.0. The molecule has 0 aromatic carbocycles. The molecule has 0 heterocycles. The van der Waals surface area contributed by atoms with Gasteiger partial charge in [-0.3, -0.25) is 0 Å². The first-order valence-corrected chi connectivity index (χ1v) is 17.5. The van der Waals surface area contributed by atoms with Crippen LogP contribution in [-0.2, 0) is 17.2 Å². The van der Waals surface area contributed by atoms with Crippen LogP contribution in [0.15, 0.2) is 0 Å². The van der Waals surface area contributed by atoms with Crippen LogP contribution in [0.5, 0.6) is 0 Å². The molecule has 0 aliphatic rings. The van der Waals surface area contributed by atoms with Crippen LogP contribution < -0.4 is 0 Å². The summed E-state index contributed by atoms with van der Waals surface area (Å²) in [5, 5.41) is 0. The van der Waals surface area contributed by atoms with E-state index in [-0.39, 0.29) is 39.6 Å². The Morgan fingerprint density at radius 1 is 0.571 bits per heavy atom. The third-order valence-corrected chi connectivity index (χ3v) is 10.4. The quantitative estimate of drug-likeness (QED) is 0.338. The predicted octanol–water partition coefficient (Wildman–Crippen LogP) is 5.62. The van der Waals surface area contributed by atoms with Crippen LogP contribution in [-0.4, -0.2) is 42.3 Å². The van der Waals surface area contributed by atoms with Gasteiger partial charge in [0.2, 0.25) is 0 Å². The molecule has 0 rings (SSSR count). The molecular formula is C12H36AlO4PSi3. The van der Waals surface area contributed by atoms with E-state index in [4.69, 9.17) is 12.6 Å². The van der Waals surface area contributed by atoms with Gasteiger partial charge in [0.25, 0.3) is 0 Å². The minimum atomic E-state index is -3.40. The Labute approximate surface area is 148 Å². The molecule has 128 valence electrons. The molecular weight excluding hydrogens is 350 g/mol. The molecule has 0 N–H and O–H groups in total. The minimum absolute atomic E-state index is 0. The van der Waals surface area contributed by atoms with Crippen molar-refractivity contribution in [3.8, 4) is 0 Å². The van der Waals surface area contributed by atoms with E-state index < -0.39 is 32.8 Å². The van der Waals surface area contributed by atoms with Gasteiger partial charge in [0.15, 0.2) is 25.0 Å². The van der Waals surface area contributed by atoms with Crippen LogP contribution in [0.2, 0.25) is 58.9 Å². The average Bonchev–Trinajstić information content (AvgIpc) is 1.65. The summed E-state index contributed by atoms with van der Waals surface area (Å²) in [5.74, 6) is 0. The van der Waals surface area contributed by atoms with Gasteiger partial charge in [0.1, 0.15) is 0 Å². The first-order chi connectivity index (χ1) is 7.12. The van der Waals surface area contributed by atoms with E-state index in [0.717, 1.165) is 0 Å².